The first kappa shape index (κ1) is 16.1. The number of carboxylic acid groups (broad SMARTS) is 1. The van der Waals surface area contributed by atoms with E-state index in [2.05, 4.69) is 0 Å². The van der Waals surface area contributed by atoms with Crippen LogP contribution in [-0.2, 0) is 0 Å². The van der Waals surface area contributed by atoms with Crippen LogP contribution in [0.5, 0.6) is 0 Å². The van der Waals surface area contributed by atoms with Crippen molar-refractivity contribution in [1.82, 2.24) is 4.57 Å². The van der Waals surface area contributed by atoms with Gasteiger partial charge < -0.3 is 20.3 Å². The zero-order valence-electron chi connectivity index (χ0n) is 13.9. The summed E-state index contributed by atoms with van der Waals surface area (Å²) in [7, 11) is 0. The molecule has 6 nitrogen and oxygen atoms in total. The number of halogens is 1. The lowest BCUT2D eigenvalue weighted by Crippen LogP contribution is -2.29. The van der Waals surface area contributed by atoms with Crippen LogP contribution in [-0.4, -0.2) is 34.8 Å². The van der Waals surface area contributed by atoms with Crippen molar-refractivity contribution < 1.29 is 14.3 Å². The van der Waals surface area contributed by atoms with Gasteiger partial charge in [-0.05, 0) is 30.9 Å². The van der Waals surface area contributed by atoms with E-state index in [9.17, 15) is 19.1 Å². The topological polar surface area (TPSA) is 88.6 Å². The number of hydrogen-bond donors (Lipinski definition) is 2. The molecular formula is C18H20FN3O3. The Labute approximate surface area is 143 Å². The van der Waals surface area contributed by atoms with Crippen LogP contribution < -0.4 is 16.1 Å². The standard InChI is InChI=1S/C18H20FN3O3/c1-9-6-21(8-14(9)20)16-5-15-11(4-13(16)19)17(23)12(18(24)25)7-22(15)10-2-3-10/h4-5,7,9-10,14H,2-3,6,8,20H2,1H3,(H,24,25)/t9-,14-/m1/s1. The predicted molar refractivity (Wildman–Crippen MR) is 92.7 cm³/mol. The minimum absolute atomic E-state index is 0.0184. The molecule has 2 heterocycles. The summed E-state index contributed by atoms with van der Waals surface area (Å²) in [5.41, 5.74) is 6.10. The second-order valence-corrected chi connectivity index (χ2v) is 7.18. The summed E-state index contributed by atoms with van der Waals surface area (Å²) in [6, 6.07) is 2.99. The molecule has 2 atom stereocenters. The summed E-state index contributed by atoms with van der Waals surface area (Å²) in [4.78, 5) is 25.7. The highest BCUT2D eigenvalue weighted by molar-refractivity contribution is 5.93. The van der Waals surface area contributed by atoms with E-state index in [1.165, 1.54) is 12.3 Å². The number of carboxylic acids is 1. The summed E-state index contributed by atoms with van der Waals surface area (Å²) in [5, 5.41) is 9.39. The normalized spacial score (nSPS) is 23.4. The highest BCUT2D eigenvalue weighted by Crippen LogP contribution is 2.38. The number of anilines is 1. The van der Waals surface area contributed by atoms with Crippen LogP contribution >= 0.6 is 0 Å². The second-order valence-electron chi connectivity index (χ2n) is 7.18. The highest BCUT2D eigenvalue weighted by atomic mass is 19.1. The van der Waals surface area contributed by atoms with Crippen molar-refractivity contribution in [3.63, 3.8) is 0 Å². The number of benzene rings is 1. The van der Waals surface area contributed by atoms with Crippen LogP contribution in [0.3, 0.4) is 0 Å². The number of carbonyl (C=O) groups is 1. The average Bonchev–Trinajstić information content (AvgIpc) is 3.33. The largest absolute Gasteiger partial charge is 0.477 e. The summed E-state index contributed by atoms with van der Waals surface area (Å²) in [6.45, 7) is 3.25. The fourth-order valence-corrected chi connectivity index (χ4v) is 3.60. The fourth-order valence-electron chi connectivity index (χ4n) is 3.60. The first-order valence-electron chi connectivity index (χ1n) is 8.49. The van der Waals surface area contributed by atoms with Crippen molar-refractivity contribution in [1.29, 1.82) is 0 Å². The van der Waals surface area contributed by atoms with Gasteiger partial charge in [0.15, 0.2) is 0 Å². The molecule has 0 radical (unpaired) electrons. The van der Waals surface area contributed by atoms with E-state index in [1.54, 1.807) is 6.07 Å². The van der Waals surface area contributed by atoms with Crippen LogP contribution in [0.4, 0.5) is 10.1 Å². The van der Waals surface area contributed by atoms with Crippen molar-refractivity contribution >= 4 is 22.6 Å². The minimum Gasteiger partial charge on any atom is -0.477 e. The molecule has 2 fully saturated rings. The Hall–Kier alpha value is -2.41. The maximum Gasteiger partial charge on any atom is 0.341 e. The maximum absolute atomic E-state index is 14.7. The van der Waals surface area contributed by atoms with Gasteiger partial charge >= 0.3 is 5.97 Å². The third-order valence-corrected chi connectivity index (χ3v) is 5.28. The van der Waals surface area contributed by atoms with E-state index in [0.29, 0.717) is 24.3 Å². The molecule has 1 saturated heterocycles. The predicted octanol–water partition coefficient (Wildman–Crippen LogP) is 1.96. The smallest absolute Gasteiger partial charge is 0.341 e. The van der Waals surface area contributed by atoms with Crippen molar-refractivity contribution in [2.75, 3.05) is 18.0 Å². The Kier molecular flexibility index (Phi) is 3.57. The molecule has 3 N–H and O–H groups in total. The van der Waals surface area contributed by atoms with E-state index >= 15 is 0 Å². The van der Waals surface area contributed by atoms with Crippen LogP contribution in [0, 0.1) is 11.7 Å². The summed E-state index contributed by atoms with van der Waals surface area (Å²) >= 11 is 0. The maximum atomic E-state index is 14.7. The molecule has 0 amide bonds. The molecule has 1 aromatic carbocycles. The number of nitrogens with zero attached hydrogens (tertiary/aromatic N) is 2. The monoisotopic (exact) mass is 345 g/mol. The van der Waals surface area contributed by atoms with Crippen LogP contribution in [0.25, 0.3) is 10.9 Å². The lowest BCUT2D eigenvalue weighted by molar-refractivity contribution is 0.0695. The van der Waals surface area contributed by atoms with Gasteiger partial charge in [0.05, 0.1) is 11.2 Å². The van der Waals surface area contributed by atoms with Crippen molar-refractivity contribution in [2.45, 2.75) is 31.8 Å². The lowest BCUT2D eigenvalue weighted by atomic mass is 10.1. The Morgan fingerprint density at radius 3 is 2.60 bits per heavy atom. The Bertz CT molecular complexity index is 925. The molecule has 7 heteroatoms. The molecule has 25 heavy (non-hydrogen) atoms. The highest BCUT2D eigenvalue weighted by Gasteiger charge is 2.31. The molecule has 2 aliphatic rings. The number of pyridine rings is 1. The van der Waals surface area contributed by atoms with Gasteiger partial charge in [-0.25, -0.2) is 9.18 Å². The SMILES string of the molecule is C[C@@H]1CN(c2cc3c(cc2F)c(=O)c(C(=O)O)cn3C2CC2)C[C@H]1N. The molecular weight excluding hydrogens is 325 g/mol. The number of aromatic carboxylic acids is 1. The summed E-state index contributed by atoms with van der Waals surface area (Å²) in [5.74, 6) is -1.55. The third-order valence-electron chi connectivity index (χ3n) is 5.28. The molecule has 1 saturated carbocycles. The second kappa shape index (κ2) is 5.56. The van der Waals surface area contributed by atoms with Crippen LogP contribution in [0.15, 0.2) is 23.1 Å². The molecule has 0 bridgehead atoms. The summed E-state index contributed by atoms with van der Waals surface area (Å²) < 4.78 is 16.5. The zero-order chi connectivity index (χ0) is 17.9. The Morgan fingerprint density at radius 1 is 1.32 bits per heavy atom. The minimum atomic E-state index is -1.29. The molecule has 1 aliphatic carbocycles. The van der Waals surface area contributed by atoms with Crippen molar-refractivity contribution in [2.24, 2.45) is 11.7 Å². The van der Waals surface area contributed by atoms with Gasteiger partial charge in [0, 0.05) is 36.8 Å². The lowest BCUT2D eigenvalue weighted by Gasteiger charge is -2.21. The molecule has 0 unspecified atom stereocenters. The van der Waals surface area contributed by atoms with E-state index in [0.717, 1.165) is 12.8 Å². The summed E-state index contributed by atoms with van der Waals surface area (Å²) in [6.07, 6.45) is 3.25. The molecule has 0 spiro atoms. The molecule has 4 rings (SSSR count). The van der Waals surface area contributed by atoms with Gasteiger partial charge in [-0.1, -0.05) is 6.92 Å². The number of nitrogens with two attached hydrogens (primary N) is 1. The first-order valence-corrected chi connectivity index (χ1v) is 8.49. The quantitative estimate of drug-likeness (QED) is 0.888. The van der Waals surface area contributed by atoms with Gasteiger partial charge in [0.1, 0.15) is 11.4 Å². The number of hydrogen-bond acceptors (Lipinski definition) is 4. The van der Waals surface area contributed by atoms with Gasteiger partial charge in [0.25, 0.3) is 0 Å². The fraction of sp³-hybridized carbons (Fsp3) is 0.444. The average molecular weight is 345 g/mol. The van der Waals surface area contributed by atoms with Crippen molar-refractivity contribution in [3.8, 4) is 0 Å². The number of fused-ring (bicyclic) bond motifs is 1. The Balaban J connectivity index is 1.93. The van der Waals surface area contributed by atoms with Gasteiger partial charge in [-0.2, -0.15) is 0 Å². The number of rotatable bonds is 3. The molecule has 1 aromatic heterocycles. The zero-order valence-corrected chi connectivity index (χ0v) is 13.9. The van der Waals surface area contributed by atoms with Gasteiger partial charge in [-0.3, -0.25) is 4.79 Å². The molecule has 132 valence electrons. The van der Waals surface area contributed by atoms with E-state index in [4.69, 9.17) is 5.73 Å². The van der Waals surface area contributed by atoms with E-state index in [-0.39, 0.29) is 29.0 Å². The van der Waals surface area contributed by atoms with Crippen LogP contribution in [0.2, 0.25) is 0 Å². The first-order chi connectivity index (χ1) is 11.9. The van der Waals surface area contributed by atoms with Gasteiger partial charge in [0.2, 0.25) is 5.43 Å². The Morgan fingerprint density at radius 2 is 2.04 bits per heavy atom. The van der Waals surface area contributed by atoms with Crippen molar-refractivity contribution in [3.05, 3.63) is 39.9 Å². The van der Waals surface area contributed by atoms with Crippen LogP contribution in [0.1, 0.15) is 36.2 Å². The van der Waals surface area contributed by atoms with Gasteiger partial charge in [-0.15, -0.1) is 0 Å². The van der Waals surface area contributed by atoms with E-state index in [1.807, 2.05) is 16.4 Å². The number of aromatic nitrogens is 1. The van der Waals surface area contributed by atoms with E-state index < -0.39 is 17.2 Å². The molecule has 2 aromatic rings. The molecule has 1 aliphatic heterocycles. The third kappa shape index (κ3) is 2.59.